The monoisotopic (exact) mass is 202 g/mol. The molecule has 0 aliphatic rings. The first kappa shape index (κ1) is 13.2. The smallest absolute Gasteiger partial charge is 0.156 e. The van der Waals surface area contributed by atoms with E-state index in [1.54, 1.807) is 0 Å². The Morgan fingerprint density at radius 3 is 2.36 bits per heavy atom. The van der Waals surface area contributed by atoms with Crippen molar-refractivity contribution >= 4 is 5.84 Å². The molecule has 5 heteroatoms. The summed E-state index contributed by atoms with van der Waals surface area (Å²) in [5, 5.41) is 11.5. The van der Waals surface area contributed by atoms with E-state index in [9.17, 15) is 0 Å². The Morgan fingerprint density at radius 2 is 1.93 bits per heavy atom. The van der Waals surface area contributed by atoms with Gasteiger partial charge in [0, 0.05) is 0 Å². The first-order chi connectivity index (χ1) is 6.49. The Morgan fingerprint density at radius 1 is 1.36 bits per heavy atom. The van der Waals surface area contributed by atoms with Crippen LogP contribution in [-0.2, 0) is 0 Å². The lowest BCUT2D eigenvalue weighted by Crippen LogP contribution is -2.41. The fraction of sp³-hybridized carbons (Fsp3) is 0.889. The first-order valence-corrected chi connectivity index (χ1v) is 4.81. The number of hydrogen-bond acceptors (Lipinski definition) is 4. The van der Waals surface area contributed by atoms with E-state index in [1.807, 2.05) is 28.1 Å². The van der Waals surface area contributed by atoms with E-state index in [0.717, 1.165) is 19.5 Å². The summed E-state index contributed by atoms with van der Waals surface area (Å²) in [5.41, 5.74) is 5.50. The molecule has 0 aromatic heterocycles. The van der Waals surface area contributed by atoms with Gasteiger partial charge in [-0.25, -0.2) is 0 Å². The standard InChI is InChI=1S/C9H22N4O/c1-8(9(10)11-14)13(4)7-5-6-12(2)3/h8,14H,5-7H2,1-4H3,(H2,10,11). The van der Waals surface area contributed by atoms with Crippen molar-refractivity contribution in [3.63, 3.8) is 0 Å². The molecule has 0 heterocycles. The van der Waals surface area contributed by atoms with Gasteiger partial charge in [-0.3, -0.25) is 4.90 Å². The Balaban J connectivity index is 3.78. The fourth-order valence-corrected chi connectivity index (χ4v) is 1.14. The van der Waals surface area contributed by atoms with Gasteiger partial charge in [0.1, 0.15) is 0 Å². The van der Waals surface area contributed by atoms with Crippen molar-refractivity contribution in [1.82, 2.24) is 9.80 Å². The number of nitrogens with zero attached hydrogens (tertiary/aromatic N) is 3. The lowest BCUT2D eigenvalue weighted by Gasteiger charge is -2.23. The number of hydrogen-bond donors (Lipinski definition) is 2. The van der Waals surface area contributed by atoms with Crippen molar-refractivity contribution in [2.45, 2.75) is 19.4 Å². The predicted octanol–water partition coefficient (Wildman–Crippen LogP) is 0.00480. The van der Waals surface area contributed by atoms with Gasteiger partial charge in [-0.05, 0) is 47.6 Å². The van der Waals surface area contributed by atoms with Crippen LogP contribution in [0.5, 0.6) is 0 Å². The normalized spacial score (nSPS) is 15.1. The van der Waals surface area contributed by atoms with Gasteiger partial charge in [-0.2, -0.15) is 0 Å². The van der Waals surface area contributed by atoms with Crippen LogP contribution in [0.3, 0.4) is 0 Å². The van der Waals surface area contributed by atoms with Crippen LogP contribution in [0.15, 0.2) is 5.16 Å². The second-order valence-electron chi connectivity index (χ2n) is 3.84. The van der Waals surface area contributed by atoms with E-state index < -0.39 is 0 Å². The van der Waals surface area contributed by atoms with Crippen LogP contribution in [0.25, 0.3) is 0 Å². The molecule has 0 aliphatic heterocycles. The molecule has 0 fully saturated rings. The Bertz CT molecular complexity index is 182. The molecule has 1 atom stereocenters. The quantitative estimate of drug-likeness (QED) is 0.275. The molecule has 3 N–H and O–H groups in total. The SMILES string of the molecule is CC(C(N)=NO)N(C)CCCN(C)C. The van der Waals surface area contributed by atoms with Gasteiger partial charge in [-0.1, -0.05) is 5.16 Å². The van der Waals surface area contributed by atoms with Gasteiger partial charge in [0.2, 0.25) is 0 Å². The number of nitrogens with two attached hydrogens (primary N) is 1. The van der Waals surface area contributed by atoms with Gasteiger partial charge >= 0.3 is 0 Å². The summed E-state index contributed by atoms with van der Waals surface area (Å²) >= 11 is 0. The Kier molecular flexibility index (Phi) is 6.23. The minimum atomic E-state index is -0.0119. The minimum absolute atomic E-state index is 0.0119. The van der Waals surface area contributed by atoms with Crippen molar-refractivity contribution in [2.24, 2.45) is 10.9 Å². The van der Waals surface area contributed by atoms with Crippen LogP contribution < -0.4 is 5.73 Å². The molecule has 84 valence electrons. The zero-order valence-electron chi connectivity index (χ0n) is 9.56. The maximum atomic E-state index is 8.50. The van der Waals surface area contributed by atoms with Crippen molar-refractivity contribution < 1.29 is 5.21 Å². The van der Waals surface area contributed by atoms with Crippen LogP contribution in [0, 0.1) is 0 Å². The highest BCUT2D eigenvalue weighted by Crippen LogP contribution is 1.97. The molecule has 0 aromatic carbocycles. The van der Waals surface area contributed by atoms with Gasteiger partial charge in [0.25, 0.3) is 0 Å². The highest BCUT2D eigenvalue weighted by molar-refractivity contribution is 5.84. The van der Waals surface area contributed by atoms with Gasteiger partial charge < -0.3 is 15.8 Å². The second-order valence-corrected chi connectivity index (χ2v) is 3.84. The minimum Gasteiger partial charge on any atom is -0.409 e. The van der Waals surface area contributed by atoms with Crippen molar-refractivity contribution in [3.05, 3.63) is 0 Å². The van der Waals surface area contributed by atoms with E-state index in [0.29, 0.717) is 0 Å². The second kappa shape index (κ2) is 6.62. The van der Waals surface area contributed by atoms with E-state index >= 15 is 0 Å². The average molecular weight is 202 g/mol. The van der Waals surface area contributed by atoms with E-state index in [4.69, 9.17) is 10.9 Å². The lowest BCUT2D eigenvalue weighted by molar-refractivity contribution is 0.269. The van der Waals surface area contributed by atoms with E-state index in [2.05, 4.69) is 15.0 Å². The van der Waals surface area contributed by atoms with Crippen LogP contribution in [0.1, 0.15) is 13.3 Å². The van der Waals surface area contributed by atoms with Crippen LogP contribution in [-0.4, -0.2) is 61.1 Å². The largest absolute Gasteiger partial charge is 0.409 e. The maximum absolute atomic E-state index is 8.50. The summed E-state index contributed by atoms with van der Waals surface area (Å²) in [6.07, 6.45) is 1.08. The fourth-order valence-electron chi connectivity index (χ4n) is 1.14. The van der Waals surface area contributed by atoms with Crippen molar-refractivity contribution in [2.75, 3.05) is 34.2 Å². The zero-order valence-corrected chi connectivity index (χ0v) is 9.56. The van der Waals surface area contributed by atoms with Gasteiger partial charge in [0.15, 0.2) is 5.84 Å². The maximum Gasteiger partial charge on any atom is 0.156 e. The number of likely N-dealkylation sites (N-methyl/N-ethyl adjacent to an activating group) is 1. The lowest BCUT2D eigenvalue weighted by atomic mass is 10.2. The highest BCUT2D eigenvalue weighted by Gasteiger charge is 2.12. The van der Waals surface area contributed by atoms with Crippen LogP contribution in [0.2, 0.25) is 0 Å². The molecule has 0 aliphatic carbocycles. The summed E-state index contributed by atoms with van der Waals surface area (Å²) in [4.78, 5) is 4.21. The highest BCUT2D eigenvalue weighted by atomic mass is 16.4. The summed E-state index contributed by atoms with van der Waals surface area (Å²) < 4.78 is 0. The number of amidine groups is 1. The van der Waals surface area contributed by atoms with Crippen molar-refractivity contribution in [1.29, 1.82) is 0 Å². The molecule has 14 heavy (non-hydrogen) atoms. The Hall–Kier alpha value is -0.810. The van der Waals surface area contributed by atoms with Gasteiger partial charge in [-0.15, -0.1) is 0 Å². The topological polar surface area (TPSA) is 65.1 Å². The molecule has 0 saturated carbocycles. The summed E-state index contributed by atoms with van der Waals surface area (Å²) in [5.74, 6) is 0.261. The molecular weight excluding hydrogens is 180 g/mol. The van der Waals surface area contributed by atoms with E-state index in [1.165, 1.54) is 0 Å². The molecule has 0 saturated heterocycles. The molecule has 1 unspecified atom stereocenters. The van der Waals surface area contributed by atoms with Gasteiger partial charge in [0.05, 0.1) is 6.04 Å². The van der Waals surface area contributed by atoms with Crippen LogP contribution >= 0.6 is 0 Å². The molecule has 0 rings (SSSR count). The van der Waals surface area contributed by atoms with Crippen LogP contribution in [0.4, 0.5) is 0 Å². The molecule has 5 nitrogen and oxygen atoms in total. The number of rotatable bonds is 6. The Labute approximate surface area is 86.2 Å². The third-order valence-corrected chi connectivity index (χ3v) is 2.32. The third kappa shape index (κ3) is 5.04. The summed E-state index contributed by atoms with van der Waals surface area (Å²) in [6, 6.07) is -0.0119. The number of oxime groups is 1. The van der Waals surface area contributed by atoms with Crippen molar-refractivity contribution in [3.8, 4) is 0 Å². The first-order valence-electron chi connectivity index (χ1n) is 4.81. The molecular formula is C9H22N4O. The average Bonchev–Trinajstić information content (AvgIpc) is 2.14. The molecule has 0 radical (unpaired) electrons. The zero-order chi connectivity index (χ0) is 11.1. The molecule has 0 spiro atoms. The molecule has 0 bridgehead atoms. The predicted molar refractivity (Wildman–Crippen MR) is 58.7 cm³/mol. The van der Waals surface area contributed by atoms with E-state index in [-0.39, 0.29) is 11.9 Å². The summed E-state index contributed by atoms with van der Waals surface area (Å²) in [6.45, 7) is 3.91. The third-order valence-electron chi connectivity index (χ3n) is 2.32. The molecule has 0 amide bonds. The molecule has 0 aromatic rings. The summed E-state index contributed by atoms with van der Waals surface area (Å²) in [7, 11) is 6.07.